The van der Waals surface area contributed by atoms with E-state index in [4.69, 9.17) is 9.47 Å². The zero-order chi connectivity index (χ0) is 15.3. The maximum Gasteiger partial charge on any atom is 0.128 e. The van der Waals surface area contributed by atoms with Crippen LogP contribution in [0.1, 0.15) is 38.3 Å². The molecule has 5 heteroatoms. The number of likely N-dealkylation sites (N-methyl/N-ethyl adjacent to an activating group) is 1. The number of ether oxygens (including phenoxy) is 2. The van der Waals surface area contributed by atoms with Crippen molar-refractivity contribution < 1.29 is 13.9 Å². The fourth-order valence-electron chi connectivity index (χ4n) is 3.04. The molecule has 0 radical (unpaired) electrons. The lowest BCUT2D eigenvalue weighted by molar-refractivity contribution is -0.128. The van der Waals surface area contributed by atoms with E-state index in [1.807, 2.05) is 19.9 Å². The Morgan fingerprint density at radius 2 is 2.10 bits per heavy atom. The van der Waals surface area contributed by atoms with Crippen LogP contribution in [0.15, 0.2) is 22.7 Å². The van der Waals surface area contributed by atoms with Crippen LogP contribution >= 0.6 is 15.9 Å². The number of hydrogen-bond donors (Lipinski definition) is 1. The second kappa shape index (κ2) is 7.68. The van der Waals surface area contributed by atoms with Crippen molar-refractivity contribution in [2.75, 3.05) is 26.4 Å². The van der Waals surface area contributed by atoms with Gasteiger partial charge in [-0.2, -0.15) is 0 Å². The van der Waals surface area contributed by atoms with Gasteiger partial charge in [0.05, 0.1) is 11.6 Å². The molecular weight excluding hydrogens is 337 g/mol. The molecule has 21 heavy (non-hydrogen) atoms. The molecule has 1 aromatic carbocycles. The molecule has 3 nitrogen and oxygen atoms in total. The minimum absolute atomic E-state index is 0.177. The fraction of sp³-hybridized carbons (Fsp3) is 0.625. The predicted molar refractivity (Wildman–Crippen MR) is 84.9 cm³/mol. The molecule has 1 N–H and O–H groups in total. The molecule has 1 atom stereocenters. The summed E-state index contributed by atoms with van der Waals surface area (Å²) in [5.74, 6) is -0.199. The van der Waals surface area contributed by atoms with E-state index in [0.717, 1.165) is 23.9 Å². The van der Waals surface area contributed by atoms with Gasteiger partial charge in [-0.15, -0.1) is 0 Å². The molecule has 0 aliphatic carbocycles. The molecule has 0 aromatic heterocycles. The fourth-order valence-corrected chi connectivity index (χ4v) is 3.42. The summed E-state index contributed by atoms with van der Waals surface area (Å²) in [7, 11) is 0. The van der Waals surface area contributed by atoms with Crippen molar-refractivity contribution in [1.29, 1.82) is 0 Å². The standard InChI is InChI=1S/C16H23BrFNO2/c1-3-19-15(13-11-12(17)5-6-14(13)18)16(21-4-2)7-9-20-10-8-16/h5-6,11,15,19H,3-4,7-10H2,1-2H3. The van der Waals surface area contributed by atoms with Gasteiger partial charge < -0.3 is 14.8 Å². The van der Waals surface area contributed by atoms with Crippen LogP contribution in [0.3, 0.4) is 0 Å². The van der Waals surface area contributed by atoms with Crippen LogP contribution in [0.2, 0.25) is 0 Å². The van der Waals surface area contributed by atoms with E-state index in [0.29, 0.717) is 25.4 Å². The molecule has 1 aromatic rings. The van der Waals surface area contributed by atoms with Gasteiger partial charge in [0, 0.05) is 42.7 Å². The highest BCUT2D eigenvalue weighted by Crippen LogP contribution is 2.39. The molecule has 1 aliphatic heterocycles. The quantitative estimate of drug-likeness (QED) is 0.837. The SMILES string of the molecule is CCNC(c1cc(Br)ccc1F)C1(OCC)CCOCC1. The number of halogens is 2. The number of benzene rings is 1. The largest absolute Gasteiger partial charge is 0.381 e. The van der Waals surface area contributed by atoms with Crippen molar-refractivity contribution in [3.63, 3.8) is 0 Å². The smallest absolute Gasteiger partial charge is 0.128 e. The van der Waals surface area contributed by atoms with Crippen molar-refractivity contribution in [3.05, 3.63) is 34.1 Å². The van der Waals surface area contributed by atoms with Gasteiger partial charge in [0.25, 0.3) is 0 Å². The summed E-state index contributed by atoms with van der Waals surface area (Å²) in [5.41, 5.74) is 0.242. The summed E-state index contributed by atoms with van der Waals surface area (Å²) < 4.78 is 26.8. The number of nitrogens with one attached hydrogen (secondary N) is 1. The Labute approximate surface area is 134 Å². The first-order valence-electron chi connectivity index (χ1n) is 7.53. The molecule has 1 fully saturated rings. The van der Waals surface area contributed by atoms with Gasteiger partial charge in [-0.05, 0) is 31.7 Å². The molecule has 1 aliphatic rings. The molecule has 1 unspecified atom stereocenters. The maximum absolute atomic E-state index is 14.4. The lowest BCUT2D eigenvalue weighted by Crippen LogP contribution is -2.50. The molecule has 2 rings (SSSR count). The molecule has 118 valence electrons. The van der Waals surface area contributed by atoms with Crippen LogP contribution in [0, 0.1) is 5.82 Å². The third-order valence-electron chi connectivity index (χ3n) is 3.97. The topological polar surface area (TPSA) is 30.5 Å². The third kappa shape index (κ3) is 3.83. The lowest BCUT2D eigenvalue weighted by atomic mass is 9.81. The normalized spacial score (nSPS) is 19.4. The molecule has 0 bridgehead atoms. The third-order valence-corrected chi connectivity index (χ3v) is 4.47. The molecule has 1 heterocycles. The first-order chi connectivity index (χ1) is 10.1. The van der Waals surface area contributed by atoms with Crippen LogP contribution in [-0.2, 0) is 9.47 Å². The molecule has 0 saturated carbocycles. The maximum atomic E-state index is 14.4. The lowest BCUT2D eigenvalue weighted by Gasteiger charge is -2.43. The summed E-state index contributed by atoms with van der Waals surface area (Å²) in [6, 6.07) is 4.89. The van der Waals surface area contributed by atoms with E-state index in [-0.39, 0.29) is 11.9 Å². The Kier molecular flexibility index (Phi) is 6.17. The van der Waals surface area contributed by atoms with Crippen molar-refractivity contribution in [2.45, 2.75) is 38.3 Å². The van der Waals surface area contributed by atoms with E-state index in [2.05, 4.69) is 21.2 Å². The van der Waals surface area contributed by atoms with E-state index >= 15 is 0 Å². The summed E-state index contributed by atoms with van der Waals surface area (Å²) in [6.07, 6.45) is 1.54. The molecule has 1 saturated heterocycles. The van der Waals surface area contributed by atoms with Gasteiger partial charge in [0.2, 0.25) is 0 Å². The first-order valence-corrected chi connectivity index (χ1v) is 8.32. The Balaban J connectivity index is 2.41. The van der Waals surface area contributed by atoms with Crippen LogP contribution in [-0.4, -0.2) is 32.0 Å². The highest BCUT2D eigenvalue weighted by Gasteiger charge is 2.42. The summed E-state index contributed by atoms with van der Waals surface area (Å²) in [5, 5.41) is 3.42. The van der Waals surface area contributed by atoms with Crippen LogP contribution in [0.25, 0.3) is 0 Å². The average molecular weight is 360 g/mol. The van der Waals surface area contributed by atoms with Crippen LogP contribution < -0.4 is 5.32 Å². The van der Waals surface area contributed by atoms with Gasteiger partial charge in [-0.25, -0.2) is 4.39 Å². The van der Waals surface area contributed by atoms with E-state index < -0.39 is 5.60 Å². The van der Waals surface area contributed by atoms with E-state index in [9.17, 15) is 4.39 Å². The Morgan fingerprint density at radius 1 is 1.38 bits per heavy atom. The van der Waals surface area contributed by atoms with Crippen molar-refractivity contribution in [2.24, 2.45) is 0 Å². The van der Waals surface area contributed by atoms with Crippen LogP contribution in [0.5, 0.6) is 0 Å². The van der Waals surface area contributed by atoms with Gasteiger partial charge in [0.15, 0.2) is 0 Å². The highest BCUT2D eigenvalue weighted by atomic mass is 79.9. The second-order valence-electron chi connectivity index (χ2n) is 5.27. The van der Waals surface area contributed by atoms with Gasteiger partial charge in [-0.3, -0.25) is 0 Å². The minimum atomic E-state index is -0.412. The van der Waals surface area contributed by atoms with Crippen LogP contribution in [0.4, 0.5) is 4.39 Å². The number of hydrogen-bond acceptors (Lipinski definition) is 3. The predicted octanol–water partition coefficient (Wildman–Crippen LogP) is 3.82. The van der Waals surface area contributed by atoms with Crippen molar-refractivity contribution >= 4 is 15.9 Å². The Bertz CT molecular complexity index is 458. The average Bonchev–Trinajstić information content (AvgIpc) is 2.49. The van der Waals surface area contributed by atoms with Gasteiger partial charge in [-0.1, -0.05) is 22.9 Å². The first kappa shape index (κ1) is 16.9. The zero-order valence-electron chi connectivity index (χ0n) is 12.6. The zero-order valence-corrected chi connectivity index (χ0v) is 14.2. The molecular formula is C16H23BrFNO2. The van der Waals surface area contributed by atoms with Gasteiger partial charge in [0.1, 0.15) is 5.82 Å². The highest BCUT2D eigenvalue weighted by molar-refractivity contribution is 9.10. The molecule has 0 spiro atoms. The van der Waals surface area contributed by atoms with Crippen molar-refractivity contribution in [1.82, 2.24) is 5.32 Å². The molecule has 0 amide bonds. The van der Waals surface area contributed by atoms with Gasteiger partial charge >= 0.3 is 0 Å². The monoisotopic (exact) mass is 359 g/mol. The van der Waals surface area contributed by atoms with E-state index in [1.165, 1.54) is 6.07 Å². The second-order valence-corrected chi connectivity index (χ2v) is 6.18. The summed E-state index contributed by atoms with van der Waals surface area (Å²) >= 11 is 3.44. The Morgan fingerprint density at radius 3 is 2.71 bits per heavy atom. The summed E-state index contributed by atoms with van der Waals surface area (Å²) in [6.45, 7) is 6.68. The Hall–Kier alpha value is -0.490. The minimum Gasteiger partial charge on any atom is -0.381 e. The summed E-state index contributed by atoms with van der Waals surface area (Å²) in [4.78, 5) is 0. The number of rotatable bonds is 6. The van der Waals surface area contributed by atoms with Crippen molar-refractivity contribution in [3.8, 4) is 0 Å². The van der Waals surface area contributed by atoms with E-state index in [1.54, 1.807) is 6.07 Å².